The van der Waals surface area contributed by atoms with Gasteiger partial charge in [0.25, 0.3) is 0 Å². The van der Waals surface area contributed by atoms with Gasteiger partial charge in [-0.1, -0.05) is 0 Å². The van der Waals surface area contributed by atoms with Gasteiger partial charge >= 0.3 is 0 Å². The van der Waals surface area contributed by atoms with E-state index in [0.717, 1.165) is 0 Å². The zero-order valence-electron chi connectivity index (χ0n) is 8.44. The Kier molecular flexibility index (Phi) is 3.64. The van der Waals surface area contributed by atoms with E-state index in [2.05, 4.69) is 15.3 Å². The van der Waals surface area contributed by atoms with Gasteiger partial charge < -0.3 is 16.2 Å². The molecule has 2 atom stereocenters. The van der Waals surface area contributed by atoms with E-state index in [1.54, 1.807) is 19.2 Å². The normalized spacial score (nSPS) is 14.8. The Bertz CT molecular complexity index is 290. The lowest BCUT2D eigenvalue weighted by Crippen LogP contribution is -2.22. The number of nitrogen functional groups attached to an aromatic ring is 1. The zero-order chi connectivity index (χ0) is 10.6. The molecule has 0 bridgehead atoms. The van der Waals surface area contributed by atoms with Crippen molar-refractivity contribution in [2.75, 3.05) is 11.1 Å². The first kappa shape index (κ1) is 10.7. The predicted octanol–water partition coefficient (Wildman–Crippen LogP) is 0.630. The molecule has 14 heavy (non-hydrogen) atoms. The fraction of sp³-hybridized carbons (Fsp3) is 0.556. The first-order chi connectivity index (χ1) is 6.58. The topological polar surface area (TPSA) is 84.1 Å². The number of nitrogens with zero attached hydrogens (tertiary/aromatic N) is 2. The van der Waals surface area contributed by atoms with E-state index in [4.69, 9.17) is 10.8 Å². The monoisotopic (exact) mass is 196 g/mol. The van der Waals surface area contributed by atoms with Crippen LogP contribution in [0.3, 0.4) is 0 Å². The number of rotatable bonds is 4. The van der Waals surface area contributed by atoms with Gasteiger partial charge in [-0.15, -0.1) is 0 Å². The van der Waals surface area contributed by atoms with Crippen molar-refractivity contribution in [3.63, 3.8) is 0 Å². The maximum absolute atomic E-state index is 9.15. The molecule has 0 fully saturated rings. The van der Waals surface area contributed by atoms with Gasteiger partial charge in [0.05, 0.1) is 6.10 Å². The van der Waals surface area contributed by atoms with Crippen LogP contribution in [0.25, 0.3) is 0 Å². The molecule has 4 N–H and O–H groups in total. The molecule has 0 saturated carbocycles. The predicted molar refractivity (Wildman–Crippen MR) is 55.8 cm³/mol. The quantitative estimate of drug-likeness (QED) is 0.657. The van der Waals surface area contributed by atoms with Gasteiger partial charge in [-0.05, 0) is 26.3 Å². The van der Waals surface area contributed by atoms with Gasteiger partial charge in [-0.2, -0.15) is 4.98 Å². The van der Waals surface area contributed by atoms with Crippen molar-refractivity contribution in [2.45, 2.75) is 32.4 Å². The lowest BCUT2D eigenvalue weighted by atomic mass is 10.2. The maximum Gasteiger partial charge on any atom is 0.224 e. The molecular formula is C9H16N4O. The molecule has 0 amide bonds. The van der Waals surface area contributed by atoms with Crippen molar-refractivity contribution in [2.24, 2.45) is 0 Å². The highest BCUT2D eigenvalue weighted by Gasteiger charge is 2.06. The summed E-state index contributed by atoms with van der Waals surface area (Å²) in [6, 6.07) is 1.75. The summed E-state index contributed by atoms with van der Waals surface area (Å²) in [5.74, 6) is 0.935. The number of hydrogen-bond acceptors (Lipinski definition) is 5. The Balaban J connectivity index is 2.51. The number of aliphatic hydroxyl groups is 1. The van der Waals surface area contributed by atoms with Gasteiger partial charge in [0, 0.05) is 12.2 Å². The molecule has 1 aromatic heterocycles. The summed E-state index contributed by atoms with van der Waals surface area (Å²) in [5, 5.41) is 12.2. The molecule has 2 unspecified atom stereocenters. The summed E-state index contributed by atoms with van der Waals surface area (Å²) in [7, 11) is 0. The van der Waals surface area contributed by atoms with Crippen LogP contribution in [-0.2, 0) is 0 Å². The Morgan fingerprint density at radius 2 is 2.29 bits per heavy atom. The number of aliphatic hydroxyl groups excluding tert-OH is 1. The van der Waals surface area contributed by atoms with E-state index < -0.39 is 0 Å². The van der Waals surface area contributed by atoms with Crippen LogP contribution in [0.15, 0.2) is 12.3 Å². The Labute approximate surface area is 83.4 Å². The first-order valence-electron chi connectivity index (χ1n) is 4.61. The van der Waals surface area contributed by atoms with E-state index in [9.17, 15) is 0 Å². The smallest absolute Gasteiger partial charge is 0.224 e. The van der Waals surface area contributed by atoms with Crippen LogP contribution in [0.5, 0.6) is 0 Å². The fourth-order valence-electron chi connectivity index (χ4n) is 1.23. The molecule has 0 spiro atoms. The largest absolute Gasteiger partial charge is 0.393 e. The molecule has 5 nitrogen and oxygen atoms in total. The molecular weight excluding hydrogens is 180 g/mol. The Hall–Kier alpha value is -1.36. The van der Waals surface area contributed by atoms with Gasteiger partial charge in [0.1, 0.15) is 5.82 Å². The molecule has 1 heterocycles. The average Bonchev–Trinajstić information content (AvgIpc) is 2.01. The van der Waals surface area contributed by atoms with Crippen molar-refractivity contribution in [1.82, 2.24) is 9.97 Å². The van der Waals surface area contributed by atoms with Crippen molar-refractivity contribution in [3.05, 3.63) is 12.3 Å². The van der Waals surface area contributed by atoms with Gasteiger partial charge in [-0.3, -0.25) is 0 Å². The fourth-order valence-corrected chi connectivity index (χ4v) is 1.23. The Morgan fingerprint density at radius 3 is 2.86 bits per heavy atom. The summed E-state index contributed by atoms with van der Waals surface area (Å²) in [6.45, 7) is 3.71. The Morgan fingerprint density at radius 1 is 1.57 bits per heavy atom. The van der Waals surface area contributed by atoms with Crippen LogP contribution in [0.1, 0.15) is 20.3 Å². The molecule has 5 heteroatoms. The van der Waals surface area contributed by atoms with Gasteiger partial charge in [-0.25, -0.2) is 4.98 Å². The molecule has 0 aliphatic carbocycles. The first-order valence-corrected chi connectivity index (χ1v) is 4.61. The number of anilines is 2. The highest BCUT2D eigenvalue weighted by atomic mass is 16.3. The molecule has 0 aromatic carbocycles. The second-order valence-corrected chi connectivity index (χ2v) is 3.44. The molecule has 78 valence electrons. The summed E-state index contributed by atoms with van der Waals surface area (Å²) in [6.07, 6.45) is 1.91. The van der Waals surface area contributed by atoms with Crippen LogP contribution in [0.2, 0.25) is 0 Å². The van der Waals surface area contributed by atoms with Crippen molar-refractivity contribution < 1.29 is 5.11 Å². The van der Waals surface area contributed by atoms with E-state index in [0.29, 0.717) is 18.2 Å². The van der Waals surface area contributed by atoms with Gasteiger partial charge in [0.2, 0.25) is 5.95 Å². The number of nitrogens with one attached hydrogen (secondary N) is 1. The minimum Gasteiger partial charge on any atom is -0.393 e. The standard InChI is InChI=1S/C9H16N4O/c1-6(5-7(2)14)12-9-11-4-3-8(10)13-9/h3-4,6-7,14H,5H2,1-2H3,(H3,10,11,12,13). The molecule has 0 saturated heterocycles. The third kappa shape index (κ3) is 3.57. The van der Waals surface area contributed by atoms with Crippen molar-refractivity contribution >= 4 is 11.8 Å². The van der Waals surface area contributed by atoms with E-state index in [1.807, 2.05) is 6.92 Å². The number of hydrogen-bond donors (Lipinski definition) is 3. The third-order valence-corrected chi connectivity index (χ3v) is 1.75. The highest BCUT2D eigenvalue weighted by molar-refractivity contribution is 5.35. The minimum atomic E-state index is -0.335. The molecule has 1 rings (SSSR count). The summed E-state index contributed by atoms with van der Waals surface area (Å²) in [5.41, 5.74) is 5.50. The van der Waals surface area contributed by atoms with Crippen LogP contribution >= 0.6 is 0 Å². The van der Waals surface area contributed by atoms with Crippen LogP contribution in [0.4, 0.5) is 11.8 Å². The molecule has 1 aromatic rings. The second-order valence-electron chi connectivity index (χ2n) is 3.44. The molecule has 0 radical (unpaired) electrons. The van der Waals surface area contributed by atoms with E-state index in [1.165, 1.54) is 0 Å². The maximum atomic E-state index is 9.15. The summed E-state index contributed by atoms with van der Waals surface area (Å²) >= 11 is 0. The average molecular weight is 196 g/mol. The minimum absolute atomic E-state index is 0.122. The number of nitrogens with two attached hydrogens (primary N) is 1. The van der Waals surface area contributed by atoms with Crippen molar-refractivity contribution in [3.8, 4) is 0 Å². The van der Waals surface area contributed by atoms with Crippen LogP contribution < -0.4 is 11.1 Å². The van der Waals surface area contributed by atoms with E-state index >= 15 is 0 Å². The highest BCUT2D eigenvalue weighted by Crippen LogP contribution is 2.06. The van der Waals surface area contributed by atoms with Gasteiger partial charge in [0.15, 0.2) is 0 Å². The SMILES string of the molecule is CC(O)CC(C)Nc1nccc(N)n1. The number of aromatic nitrogens is 2. The van der Waals surface area contributed by atoms with Crippen LogP contribution in [0, 0.1) is 0 Å². The molecule has 0 aliphatic heterocycles. The summed E-state index contributed by atoms with van der Waals surface area (Å²) < 4.78 is 0. The lowest BCUT2D eigenvalue weighted by molar-refractivity contribution is 0.179. The third-order valence-electron chi connectivity index (χ3n) is 1.75. The van der Waals surface area contributed by atoms with Crippen molar-refractivity contribution in [1.29, 1.82) is 0 Å². The molecule has 0 aliphatic rings. The zero-order valence-corrected chi connectivity index (χ0v) is 8.44. The van der Waals surface area contributed by atoms with E-state index in [-0.39, 0.29) is 12.1 Å². The second kappa shape index (κ2) is 4.76. The van der Waals surface area contributed by atoms with Crippen LogP contribution in [-0.4, -0.2) is 27.2 Å². The lowest BCUT2D eigenvalue weighted by Gasteiger charge is -2.14. The summed E-state index contributed by atoms with van der Waals surface area (Å²) in [4.78, 5) is 8.00.